The van der Waals surface area contributed by atoms with Crippen LogP contribution in [0.5, 0.6) is 0 Å². The van der Waals surface area contributed by atoms with E-state index in [0.29, 0.717) is 5.56 Å². The number of nitrogens with zero attached hydrogens (tertiary/aromatic N) is 3. The van der Waals surface area contributed by atoms with Gasteiger partial charge in [0.15, 0.2) is 0 Å². The fourth-order valence-corrected chi connectivity index (χ4v) is 3.33. The standard InChI is InChI=1S/C20H14N4S/c21-11-14-5-7-15(8-6-14)13-25-19-10-9-16(12-22-19)20-23-17-3-1-2-4-18(17)24-20/h1-10,12H,13H2,(H,23,24). The molecule has 0 radical (unpaired) electrons. The van der Waals surface area contributed by atoms with Crippen LogP contribution in [0.3, 0.4) is 0 Å². The molecule has 0 aliphatic rings. The van der Waals surface area contributed by atoms with Gasteiger partial charge in [-0.2, -0.15) is 5.26 Å². The van der Waals surface area contributed by atoms with E-state index in [-0.39, 0.29) is 0 Å². The van der Waals surface area contributed by atoms with Crippen LogP contribution in [0.25, 0.3) is 22.4 Å². The minimum atomic E-state index is 0.682. The number of H-pyrrole nitrogens is 1. The van der Waals surface area contributed by atoms with E-state index >= 15 is 0 Å². The van der Waals surface area contributed by atoms with Crippen molar-refractivity contribution in [3.8, 4) is 17.5 Å². The zero-order valence-electron chi connectivity index (χ0n) is 13.3. The largest absolute Gasteiger partial charge is 0.338 e. The van der Waals surface area contributed by atoms with Crippen molar-refractivity contribution in [2.24, 2.45) is 0 Å². The van der Waals surface area contributed by atoms with Gasteiger partial charge in [0.2, 0.25) is 0 Å². The highest BCUT2D eigenvalue weighted by atomic mass is 32.2. The molecule has 0 aliphatic carbocycles. The minimum absolute atomic E-state index is 0.682. The van der Waals surface area contributed by atoms with Gasteiger partial charge >= 0.3 is 0 Å². The van der Waals surface area contributed by atoms with Crippen LogP contribution < -0.4 is 0 Å². The van der Waals surface area contributed by atoms with Gasteiger partial charge in [0.05, 0.1) is 27.7 Å². The molecule has 120 valence electrons. The van der Waals surface area contributed by atoms with Crippen LogP contribution in [-0.4, -0.2) is 15.0 Å². The van der Waals surface area contributed by atoms with Gasteiger partial charge in [-0.3, -0.25) is 0 Å². The summed E-state index contributed by atoms with van der Waals surface area (Å²) >= 11 is 1.67. The van der Waals surface area contributed by atoms with E-state index in [1.807, 2.05) is 66.9 Å². The Bertz CT molecular complexity index is 1010. The summed E-state index contributed by atoms with van der Waals surface area (Å²) < 4.78 is 0. The van der Waals surface area contributed by atoms with Gasteiger partial charge in [-0.05, 0) is 42.0 Å². The van der Waals surface area contributed by atoms with E-state index in [4.69, 9.17) is 5.26 Å². The average molecular weight is 342 g/mol. The van der Waals surface area contributed by atoms with Gasteiger partial charge in [0.1, 0.15) is 5.82 Å². The number of thioether (sulfide) groups is 1. The molecule has 0 saturated heterocycles. The van der Waals surface area contributed by atoms with Gasteiger partial charge in [-0.1, -0.05) is 24.3 Å². The van der Waals surface area contributed by atoms with Crippen molar-refractivity contribution < 1.29 is 0 Å². The Morgan fingerprint density at radius 3 is 2.56 bits per heavy atom. The number of rotatable bonds is 4. The van der Waals surface area contributed by atoms with Crippen LogP contribution in [0.15, 0.2) is 71.9 Å². The third-order valence-electron chi connectivity index (χ3n) is 3.87. The number of benzene rings is 2. The summed E-state index contributed by atoms with van der Waals surface area (Å²) in [6, 6.07) is 21.8. The molecular formula is C20H14N4S. The van der Waals surface area contributed by atoms with Crippen LogP contribution >= 0.6 is 11.8 Å². The van der Waals surface area contributed by atoms with Crippen LogP contribution in [0.4, 0.5) is 0 Å². The summed E-state index contributed by atoms with van der Waals surface area (Å²) in [6.07, 6.45) is 1.85. The summed E-state index contributed by atoms with van der Waals surface area (Å²) in [6.45, 7) is 0. The molecule has 5 heteroatoms. The Morgan fingerprint density at radius 2 is 1.84 bits per heavy atom. The number of imidazole rings is 1. The molecule has 0 amide bonds. The summed E-state index contributed by atoms with van der Waals surface area (Å²) in [4.78, 5) is 12.4. The van der Waals surface area contributed by atoms with Crippen LogP contribution in [0.2, 0.25) is 0 Å². The molecule has 2 aromatic heterocycles. The highest BCUT2D eigenvalue weighted by molar-refractivity contribution is 7.98. The van der Waals surface area contributed by atoms with Crippen molar-refractivity contribution in [3.63, 3.8) is 0 Å². The number of fused-ring (bicyclic) bond motifs is 1. The van der Waals surface area contributed by atoms with E-state index in [1.165, 1.54) is 5.56 Å². The SMILES string of the molecule is N#Cc1ccc(CSc2ccc(-c3nc4ccccc4[nH]3)cn2)cc1. The van der Waals surface area contributed by atoms with Crippen molar-refractivity contribution in [2.75, 3.05) is 0 Å². The van der Waals surface area contributed by atoms with E-state index in [1.54, 1.807) is 11.8 Å². The van der Waals surface area contributed by atoms with Crippen molar-refractivity contribution >= 4 is 22.8 Å². The number of hydrogen-bond acceptors (Lipinski definition) is 4. The molecular weight excluding hydrogens is 328 g/mol. The summed E-state index contributed by atoms with van der Waals surface area (Å²) in [5.74, 6) is 1.65. The van der Waals surface area contributed by atoms with E-state index in [2.05, 4.69) is 21.0 Å². The van der Waals surface area contributed by atoms with Crippen molar-refractivity contribution in [1.29, 1.82) is 5.26 Å². The smallest absolute Gasteiger partial charge is 0.140 e. The molecule has 2 aromatic carbocycles. The first kappa shape index (κ1) is 15.4. The van der Waals surface area contributed by atoms with Crippen LogP contribution in [0, 0.1) is 11.3 Å². The van der Waals surface area contributed by atoms with Gasteiger partial charge in [0, 0.05) is 17.5 Å². The van der Waals surface area contributed by atoms with Gasteiger partial charge in [-0.15, -0.1) is 11.8 Å². The van der Waals surface area contributed by atoms with Crippen molar-refractivity contribution in [2.45, 2.75) is 10.8 Å². The van der Waals surface area contributed by atoms with Crippen LogP contribution in [0.1, 0.15) is 11.1 Å². The number of nitrogens with one attached hydrogen (secondary N) is 1. The lowest BCUT2D eigenvalue weighted by atomic mass is 10.2. The number of aromatic nitrogens is 3. The maximum atomic E-state index is 8.83. The molecule has 0 bridgehead atoms. The number of aromatic amines is 1. The summed E-state index contributed by atoms with van der Waals surface area (Å²) in [5.41, 5.74) is 4.81. The molecule has 1 N–H and O–H groups in total. The second-order valence-corrected chi connectivity index (χ2v) is 6.58. The second-order valence-electron chi connectivity index (χ2n) is 5.59. The maximum Gasteiger partial charge on any atom is 0.140 e. The second kappa shape index (κ2) is 6.80. The lowest BCUT2D eigenvalue weighted by Gasteiger charge is -2.03. The van der Waals surface area contributed by atoms with E-state index in [0.717, 1.165) is 33.2 Å². The molecule has 4 aromatic rings. The molecule has 0 aliphatic heterocycles. The Morgan fingerprint density at radius 1 is 1.00 bits per heavy atom. The molecule has 2 heterocycles. The Hall–Kier alpha value is -3.10. The third kappa shape index (κ3) is 3.39. The lowest BCUT2D eigenvalue weighted by molar-refractivity contribution is 1.12. The molecule has 0 fully saturated rings. The summed E-state index contributed by atoms with van der Waals surface area (Å²) in [5, 5.41) is 9.79. The quantitative estimate of drug-likeness (QED) is 0.542. The zero-order valence-corrected chi connectivity index (χ0v) is 14.1. The third-order valence-corrected chi connectivity index (χ3v) is 4.88. The zero-order chi connectivity index (χ0) is 17.1. The summed E-state index contributed by atoms with van der Waals surface area (Å²) in [7, 11) is 0. The molecule has 25 heavy (non-hydrogen) atoms. The Kier molecular flexibility index (Phi) is 4.19. The highest BCUT2D eigenvalue weighted by Crippen LogP contribution is 2.24. The van der Waals surface area contributed by atoms with Gasteiger partial charge in [-0.25, -0.2) is 9.97 Å². The number of para-hydroxylation sites is 2. The molecule has 0 unspecified atom stereocenters. The first-order valence-corrected chi connectivity index (χ1v) is 8.83. The van der Waals surface area contributed by atoms with E-state index in [9.17, 15) is 0 Å². The number of hydrogen-bond donors (Lipinski definition) is 1. The fraction of sp³-hybridized carbons (Fsp3) is 0.0500. The minimum Gasteiger partial charge on any atom is -0.338 e. The van der Waals surface area contributed by atoms with Crippen molar-refractivity contribution in [1.82, 2.24) is 15.0 Å². The van der Waals surface area contributed by atoms with Crippen molar-refractivity contribution in [3.05, 3.63) is 78.0 Å². The predicted molar refractivity (Wildman–Crippen MR) is 100 cm³/mol. The normalized spacial score (nSPS) is 10.7. The van der Waals surface area contributed by atoms with Gasteiger partial charge < -0.3 is 4.98 Å². The molecule has 0 saturated carbocycles. The number of nitriles is 1. The molecule has 0 spiro atoms. The molecule has 4 nitrogen and oxygen atoms in total. The highest BCUT2D eigenvalue weighted by Gasteiger charge is 2.06. The lowest BCUT2D eigenvalue weighted by Crippen LogP contribution is -1.86. The fourth-order valence-electron chi connectivity index (χ4n) is 2.53. The van der Waals surface area contributed by atoms with Gasteiger partial charge in [0.25, 0.3) is 0 Å². The first-order valence-electron chi connectivity index (χ1n) is 7.85. The Balaban J connectivity index is 1.47. The monoisotopic (exact) mass is 342 g/mol. The van der Waals surface area contributed by atoms with Crippen LogP contribution in [-0.2, 0) is 5.75 Å². The maximum absolute atomic E-state index is 8.83. The van der Waals surface area contributed by atoms with E-state index < -0.39 is 0 Å². The first-order chi connectivity index (χ1) is 12.3. The molecule has 4 rings (SSSR count). The molecule has 0 atom stereocenters. The average Bonchev–Trinajstić information content (AvgIpc) is 3.11. The predicted octanol–water partition coefficient (Wildman–Crippen LogP) is 4.79. The topological polar surface area (TPSA) is 65.4 Å². The Labute approximate surface area is 149 Å². The number of pyridine rings is 1.